The monoisotopic (exact) mass is 457 g/mol. The van der Waals surface area contributed by atoms with E-state index in [4.69, 9.17) is 4.74 Å². The molecule has 1 spiro atoms. The summed E-state index contributed by atoms with van der Waals surface area (Å²) in [7, 11) is 0. The lowest BCUT2D eigenvalue weighted by molar-refractivity contribution is -0.00896. The van der Waals surface area contributed by atoms with Crippen molar-refractivity contribution in [3.8, 4) is 11.3 Å². The number of carbonyl (C=O) groups is 1. The molecule has 176 valence electrons. The highest BCUT2D eigenvalue weighted by Crippen LogP contribution is 2.49. The van der Waals surface area contributed by atoms with Crippen molar-refractivity contribution in [2.24, 2.45) is 5.41 Å². The molecule has 7 nitrogen and oxygen atoms in total. The van der Waals surface area contributed by atoms with Crippen LogP contribution in [0.2, 0.25) is 0 Å². The molecule has 33 heavy (non-hydrogen) atoms. The summed E-state index contributed by atoms with van der Waals surface area (Å²) in [6, 6.07) is 1.70. The molecular formula is C24H29F2N5O2. The van der Waals surface area contributed by atoms with Crippen LogP contribution < -0.4 is 0 Å². The van der Waals surface area contributed by atoms with Crippen LogP contribution in [0.1, 0.15) is 44.7 Å². The molecule has 5 rings (SSSR count). The first-order valence-corrected chi connectivity index (χ1v) is 11.7. The Hall–Kier alpha value is -2.68. The minimum absolute atomic E-state index is 0.180. The topological polar surface area (TPSA) is 71.5 Å². The molecule has 2 aliphatic heterocycles. The lowest BCUT2D eigenvalue weighted by atomic mass is 9.78. The van der Waals surface area contributed by atoms with Crippen molar-refractivity contribution in [2.75, 3.05) is 32.8 Å². The number of carbonyl (C=O) groups excluding carboxylic acids is 1. The fourth-order valence-corrected chi connectivity index (χ4v) is 5.79. The fourth-order valence-electron chi connectivity index (χ4n) is 5.79. The van der Waals surface area contributed by atoms with E-state index < -0.39 is 11.5 Å². The van der Waals surface area contributed by atoms with Gasteiger partial charge in [0.2, 0.25) is 0 Å². The number of aromatic nitrogens is 3. The highest BCUT2D eigenvalue weighted by molar-refractivity contribution is 5.69. The van der Waals surface area contributed by atoms with Crippen LogP contribution in [0.25, 0.3) is 11.3 Å². The summed E-state index contributed by atoms with van der Waals surface area (Å²) in [4.78, 5) is 28.5. The summed E-state index contributed by atoms with van der Waals surface area (Å²) < 4.78 is 35.2. The molecule has 4 heterocycles. The molecule has 1 amide bonds. The van der Waals surface area contributed by atoms with Crippen LogP contribution in [0.4, 0.5) is 13.6 Å². The van der Waals surface area contributed by atoms with Crippen molar-refractivity contribution in [1.82, 2.24) is 24.8 Å². The lowest BCUT2D eigenvalue weighted by Gasteiger charge is -2.48. The van der Waals surface area contributed by atoms with Crippen LogP contribution >= 0.6 is 0 Å². The standard InChI is InChI=1S/C24H29F2N5O2/c1-2-33-22(32)31-15-23(16-31)4-3-18(12-23)30-9-5-24(26,6-10-30)21-19(11-17(25)13-29-21)20-14-27-7-8-28-20/h7-8,11,13-14,18H,2-6,9-10,12,15-16H2,1H3/t18-/m0/s1. The van der Waals surface area contributed by atoms with E-state index in [0.29, 0.717) is 49.8 Å². The largest absolute Gasteiger partial charge is 0.450 e. The van der Waals surface area contributed by atoms with E-state index in [1.165, 1.54) is 24.7 Å². The van der Waals surface area contributed by atoms with E-state index in [1.54, 1.807) is 4.90 Å². The van der Waals surface area contributed by atoms with E-state index in [0.717, 1.165) is 38.5 Å². The molecule has 2 aromatic rings. The van der Waals surface area contributed by atoms with Crippen molar-refractivity contribution >= 4 is 6.09 Å². The maximum atomic E-state index is 16.2. The average molecular weight is 458 g/mol. The first-order valence-electron chi connectivity index (χ1n) is 11.7. The van der Waals surface area contributed by atoms with Gasteiger partial charge in [-0.3, -0.25) is 15.0 Å². The third kappa shape index (κ3) is 4.18. The molecule has 3 fully saturated rings. The number of rotatable bonds is 4. The second-order valence-corrected chi connectivity index (χ2v) is 9.59. The second kappa shape index (κ2) is 8.59. The number of piperidine rings is 1. The molecule has 0 bridgehead atoms. The molecule has 9 heteroatoms. The highest BCUT2D eigenvalue weighted by Gasteiger charge is 2.52. The van der Waals surface area contributed by atoms with Gasteiger partial charge >= 0.3 is 6.09 Å². The Morgan fingerprint density at radius 2 is 1.97 bits per heavy atom. The number of nitrogens with zero attached hydrogens (tertiary/aromatic N) is 5. The molecular weight excluding hydrogens is 428 g/mol. The van der Waals surface area contributed by atoms with Crippen LogP contribution in [-0.4, -0.2) is 69.7 Å². The smallest absolute Gasteiger partial charge is 0.409 e. The predicted octanol–water partition coefficient (Wildman–Crippen LogP) is 3.95. The van der Waals surface area contributed by atoms with Crippen molar-refractivity contribution in [2.45, 2.75) is 50.7 Å². The van der Waals surface area contributed by atoms with Gasteiger partial charge in [-0.15, -0.1) is 0 Å². The highest BCUT2D eigenvalue weighted by atomic mass is 19.1. The van der Waals surface area contributed by atoms with E-state index in [1.807, 2.05) is 6.92 Å². The number of alkyl halides is 1. The maximum absolute atomic E-state index is 16.2. The van der Waals surface area contributed by atoms with Gasteiger partial charge in [0.1, 0.15) is 5.82 Å². The summed E-state index contributed by atoms with van der Waals surface area (Å²) in [5.41, 5.74) is -0.416. The van der Waals surface area contributed by atoms with Gasteiger partial charge in [0.05, 0.1) is 30.4 Å². The Morgan fingerprint density at radius 3 is 2.67 bits per heavy atom. The third-order valence-corrected chi connectivity index (χ3v) is 7.48. The zero-order valence-electron chi connectivity index (χ0n) is 18.8. The summed E-state index contributed by atoms with van der Waals surface area (Å²) in [6.45, 7) is 4.97. The van der Waals surface area contributed by atoms with Crippen LogP contribution in [-0.2, 0) is 10.4 Å². The number of amides is 1. The van der Waals surface area contributed by atoms with Crippen molar-refractivity contribution in [3.05, 3.63) is 42.4 Å². The SMILES string of the molecule is CCOC(=O)N1CC2(CC[C@H](N3CCC(F)(c4ncc(F)cc4-c4cnccn4)CC3)C2)C1. The van der Waals surface area contributed by atoms with Gasteiger partial charge in [-0.25, -0.2) is 13.6 Å². The summed E-state index contributed by atoms with van der Waals surface area (Å²) in [5, 5.41) is 0. The van der Waals surface area contributed by atoms with E-state index in [2.05, 4.69) is 19.9 Å². The average Bonchev–Trinajstić information content (AvgIpc) is 3.25. The first kappa shape index (κ1) is 22.1. The molecule has 3 aliphatic rings. The van der Waals surface area contributed by atoms with E-state index in [9.17, 15) is 9.18 Å². The minimum Gasteiger partial charge on any atom is -0.450 e. The number of hydrogen-bond donors (Lipinski definition) is 0. The molecule has 1 saturated carbocycles. The van der Waals surface area contributed by atoms with Gasteiger partial charge in [0, 0.05) is 55.6 Å². The van der Waals surface area contributed by atoms with Crippen molar-refractivity contribution in [3.63, 3.8) is 0 Å². The molecule has 2 saturated heterocycles. The summed E-state index contributed by atoms with van der Waals surface area (Å²) in [6.07, 6.45) is 9.19. The van der Waals surface area contributed by atoms with Gasteiger partial charge in [0.25, 0.3) is 0 Å². The molecule has 0 unspecified atom stereocenters. The Balaban J connectivity index is 1.24. The molecule has 0 radical (unpaired) electrons. The van der Waals surface area contributed by atoms with Crippen LogP contribution in [0, 0.1) is 11.2 Å². The Labute approximate surface area is 192 Å². The predicted molar refractivity (Wildman–Crippen MR) is 117 cm³/mol. The second-order valence-electron chi connectivity index (χ2n) is 9.59. The van der Waals surface area contributed by atoms with Crippen LogP contribution in [0.3, 0.4) is 0 Å². The maximum Gasteiger partial charge on any atom is 0.409 e. The zero-order chi connectivity index (χ0) is 23.1. The Morgan fingerprint density at radius 1 is 1.18 bits per heavy atom. The fraction of sp³-hybridized carbons (Fsp3) is 0.583. The van der Waals surface area contributed by atoms with Crippen molar-refractivity contribution < 1.29 is 18.3 Å². The zero-order valence-corrected chi connectivity index (χ0v) is 18.8. The number of ether oxygens (including phenoxy) is 1. The van der Waals surface area contributed by atoms with Crippen LogP contribution in [0.5, 0.6) is 0 Å². The number of halogens is 2. The van der Waals surface area contributed by atoms with Crippen LogP contribution in [0.15, 0.2) is 30.9 Å². The molecule has 1 aliphatic carbocycles. The first-order chi connectivity index (χ1) is 15.9. The van der Waals surface area contributed by atoms with Gasteiger partial charge in [-0.1, -0.05) is 0 Å². The number of pyridine rings is 1. The van der Waals surface area contributed by atoms with Gasteiger partial charge in [0.15, 0.2) is 5.67 Å². The molecule has 0 N–H and O–H groups in total. The molecule has 0 aromatic carbocycles. The van der Waals surface area contributed by atoms with E-state index >= 15 is 4.39 Å². The molecule has 1 atom stereocenters. The minimum atomic E-state index is -1.63. The quantitative estimate of drug-likeness (QED) is 0.693. The van der Waals surface area contributed by atoms with E-state index in [-0.39, 0.29) is 17.2 Å². The summed E-state index contributed by atoms with van der Waals surface area (Å²) in [5.74, 6) is -0.519. The lowest BCUT2D eigenvalue weighted by Crippen LogP contribution is -2.58. The van der Waals surface area contributed by atoms with Crippen molar-refractivity contribution in [1.29, 1.82) is 0 Å². The Bertz CT molecular complexity index is 1010. The molecule has 2 aromatic heterocycles. The normalized spacial score (nSPS) is 24.0. The van der Waals surface area contributed by atoms with Gasteiger partial charge in [-0.05, 0) is 45.1 Å². The number of likely N-dealkylation sites (tertiary alicyclic amines) is 2. The Kier molecular flexibility index (Phi) is 5.76. The van der Waals surface area contributed by atoms with Gasteiger partial charge in [-0.2, -0.15) is 0 Å². The van der Waals surface area contributed by atoms with Gasteiger partial charge < -0.3 is 14.5 Å². The number of hydrogen-bond acceptors (Lipinski definition) is 6. The third-order valence-electron chi connectivity index (χ3n) is 7.48. The summed E-state index contributed by atoms with van der Waals surface area (Å²) >= 11 is 0.